The molecule has 1 atom stereocenters. The molecule has 20 heavy (non-hydrogen) atoms. The van der Waals surface area contributed by atoms with Gasteiger partial charge in [0.2, 0.25) is 0 Å². The van der Waals surface area contributed by atoms with E-state index >= 15 is 0 Å². The SMILES string of the molecule is CCn1ncc(Br)c1C(O)c1cccc(S(C)(=O)=O)c1. The zero-order chi connectivity index (χ0) is 14.9. The summed E-state index contributed by atoms with van der Waals surface area (Å²) < 4.78 is 25.5. The van der Waals surface area contributed by atoms with Crippen LogP contribution in [0.25, 0.3) is 0 Å². The molecule has 1 unspecified atom stereocenters. The lowest BCUT2D eigenvalue weighted by molar-refractivity contribution is 0.207. The summed E-state index contributed by atoms with van der Waals surface area (Å²) in [6.07, 6.45) is 1.82. The van der Waals surface area contributed by atoms with Gasteiger partial charge in [0.25, 0.3) is 0 Å². The molecular weight excluding hydrogens is 344 g/mol. The monoisotopic (exact) mass is 358 g/mol. The van der Waals surface area contributed by atoms with Crippen molar-refractivity contribution in [2.45, 2.75) is 24.5 Å². The summed E-state index contributed by atoms with van der Waals surface area (Å²) in [5, 5.41) is 14.6. The first-order chi connectivity index (χ1) is 9.34. The molecule has 2 aromatic rings. The molecule has 0 aliphatic carbocycles. The van der Waals surface area contributed by atoms with Gasteiger partial charge in [-0.2, -0.15) is 5.10 Å². The molecule has 0 aliphatic rings. The number of rotatable bonds is 4. The van der Waals surface area contributed by atoms with E-state index in [4.69, 9.17) is 0 Å². The summed E-state index contributed by atoms with van der Waals surface area (Å²) >= 11 is 3.35. The molecule has 1 aromatic carbocycles. The highest BCUT2D eigenvalue weighted by Gasteiger charge is 2.20. The minimum atomic E-state index is -3.30. The Morgan fingerprint density at radius 1 is 1.45 bits per heavy atom. The van der Waals surface area contributed by atoms with E-state index in [2.05, 4.69) is 21.0 Å². The van der Waals surface area contributed by atoms with Crippen molar-refractivity contribution in [1.29, 1.82) is 0 Å². The standard InChI is InChI=1S/C13H15BrN2O3S/c1-3-16-12(11(14)8-15-16)13(17)9-5-4-6-10(7-9)20(2,18)19/h4-8,13,17H,3H2,1-2H3. The van der Waals surface area contributed by atoms with E-state index in [0.717, 1.165) is 6.26 Å². The molecule has 0 spiro atoms. The summed E-state index contributed by atoms with van der Waals surface area (Å²) in [5.74, 6) is 0. The van der Waals surface area contributed by atoms with Crippen LogP contribution in [0.1, 0.15) is 24.3 Å². The smallest absolute Gasteiger partial charge is 0.175 e. The maximum Gasteiger partial charge on any atom is 0.175 e. The molecule has 1 N–H and O–H groups in total. The zero-order valence-electron chi connectivity index (χ0n) is 11.1. The summed E-state index contributed by atoms with van der Waals surface area (Å²) in [4.78, 5) is 0.188. The van der Waals surface area contributed by atoms with Gasteiger partial charge in [-0.15, -0.1) is 0 Å². The third-order valence-corrected chi connectivity index (χ3v) is 4.71. The van der Waals surface area contributed by atoms with Crippen molar-refractivity contribution < 1.29 is 13.5 Å². The van der Waals surface area contributed by atoms with Crippen LogP contribution < -0.4 is 0 Å². The first-order valence-corrected chi connectivity index (χ1v) is 8.72. The molecule has 1 heterocycles. The lowest BCUT2D eigenvalue weighted by Gasteiger charge is -2.14. The van der Waals surface area contributed by atoms with E-state index in [1.165, 1.54) is 12.1 Å². The average molecular weight is 359 g/mol. The third kappa shape index (κ3) is 2.94. The predicted molar refractivity (Wildman–Crippen MR) is 79.2 cm³/mol. The van der Waals surface area contributed by atoms with Gasteiger partial charge in [-0.05, 0) is 40.5 Å². The van der Waals surface area contributed by atoms with Crippen molar-refractivity contribution in [2.75, 3.05) is 6.26 Å². The van der Waals surface area contributed by atoms with E-state index in [9.17, 15) is 13.5 Å². The van der Waals surface area contributed by atoms with Gasteiger partial charge in [-0.1, -0.05) is 12.1 Å². The van der Waals surface area contributed by atoms with Gasteiger partial charge in [-0.3, -0.25) is 4.68 Å². The van der Waals surface area contributed by atoms with Gasteiger partial charge < -0.3 is 5.11 Å². The van der Waals surface area contributed by atoms with Gasteiger partial charge in [-0.25, -0.2) is 8.42 Å². The number of hydrogen-bond donors (Lipinski definition) is 1. The molecule has 0 fully saturated rings. The Morgan fingerprint density at radius 2 is 2.15 bits per heavy atom. The molecule has 2 rings (SSSR count). The van der Waals surface area contributed by atoms with E-state index in [1.54, 1.807) is 23.0 Å². The maximum absolute atomic E-state index is 11.6. The van der Waals surface area contributed by atoms with Crippen molar-refractivity contribution in [1.82, 2.24) is 9.78 Å². The lowest BCUT2D eigenvalue weighted by Crippen LogP contribution is -2.10. The highest BCUT2D eigenvalue weighted by molar-refractivity contribution is 9.10. The molecule has 0 saturated heterocycles. The molecule has 5 nitrogen and oxygen atoms in total. The van der Waals surface area contributed by atoms with Crippen LogP contribution in [-0.4, -0.2) is 29.6 Å². The van der Waals surface area contributed by atoms with Crippen LogP contribution in [0.3, 0.4) is 0 Å². The number of aliphatic hydroxyl groups excluding tert-OH is 1. The lowest BCUT2D eigenvalue weighted by atomic mass is 10.1. The molecule has 0 radical (unpaired) electrons. The van der Waals surface area contributed by atoms with Crippen molar-refractivity contribution in [3.63, 3.8) is 0 Å². The number of benzene rings is 1. The summed E-state index contributed by atoms with van der Waals surface area (Å²) in [7, 11) is -3.30. The summed E-state index contributed by atoms with van der Waals surface area (Å²) in [6.45, 7) is 2.53. The van der Waals surface area contributed by atoms with Gasteiger partial charge in [0.15, 0.2) is 9.84 Å². The second-order valence-electron chi connectivity index (χ2n) is 4.44. The molecule has 0 amide bonds. The maximum atomic E-state index is 11.6. The number of aryl methyl sites for hydroxylation is 1. The van der Waals surface area contributed by atoms with Crippen LogP contribution in [0.5, 0.6) is 0 Å². The van der Waals surface area contributed by atoms with E-state index in [1.807, 2.05) is 6.92 Å². The molecule has 108 valence electrons. The van der Waals surface area contributed by atoms with Crippen LogP contribution in [-0.2, 0) is 16.4 Å². The summed E-state index contributed by atoms with van der Waals surface area (Å²) in [6, 6.07) is 6.31. The fraction of sp³-hybridized carbons (Fsp3) is 0.308. The first kappa shape index (κ1) is 15.2. The largest absolute Gasteiger partial charge is 0.382 e. The Balaban J connectivity index is 2.49. The number of halogens is 1. The van der Waals surface area contributed by atoms with Crippen molar-refractivity contribution >= 4 is 25.8 Å². The molecule has 0 aliphatic heterocycles. The average Bonchev–Trinajstić information content (AvgIpc) is 2.78. The molecule has 0 saturated carbocycles. The van der Waals surface area contributed by atoms with Crippen molar-refractivity contribution in [3.8, 4) is 0 Å². The number of aromatic nitrogens is 2. The van der Waals surface area contributed by atoms with E-state index in [-0.39, 0.29) is 4.90 Å². The fourth-order valence-corrected chi connectivity index (χ4v) is 3.16. The molecular formula is C13H15BrN2O3S. The number of aliphatic hydroxyl groups is 1. The highest BCUT2D eigenvalue weighted by Crippen LogP contribution is 2.29. The van der Waals surface area contributed by atoms with Gasteiger partial charge >= 0.3 is 0 Å². The summed E-state index contributed by atoms with van der Waals surface area (Å²) in [5.41, 5.74) is 1.13. The van der Waals surface area contributed by atoms with E-state index < -0.39 is 15.9 Å². The highest BCUT2D eigenvalue weighted by atomic mass is 79.9. The third-order valence-electron chi connectivity index (χ3n) is 2.99. The van der Waals surface area contributed by atoms with Gasteiger partial charge in [0.05, 0.1) is 21.3 Å². The topological polar surface area (TPSA) is 72.2 Å². The van der Waals surface area contributed by atoms with Crippen LogP contribution in [0.2, 0.25) is 0 Å². The predicted octanol–water partition coefficient (Wildman–Crippen LogP) is 2.15. The van der Waals surface area contributed by atoms with Crippen LogP contribution in [0, 0.1) is 0 Å². The minimum absolute atomic E-state index is 0.188. The second-order valence-corrected chi connectivity index (χ2v) is 7.31. The number of hydrogen-bond acceptors (Lipinski definition) is 4. The molecule has 0 bridgehead atoms. The van der Waals surface area contributed by atoms with Crippen LogP contribution in [0.15, 0.2) is 39.8 Å². The Morgan fingerprint density at radius 3 is 2.75 bits per heavy atom. The number of sulfone groups is 1. The normalized spacial score (nSPS) is 13.4. The second kappa shape index (κ2) is 5.67. The quantitative estimate of drug-likeness (QED) is 0.908. The van der Waals surface area contributed by atoms with E-state index in [0.29, 0.717) is 22.3 Å². The molecule has 7 heteroatoms. The van der Waals surface area contributed by atoms with Gasteiger partial charge in [0, 0.05) is 12.8 Å². The van der Waals surface area contributed by atoms with Crippen molar-refractivity contribution in [3.05, 3.63) is 46.2 Å². The Hall–Kier alpha value is -1.18. The number of nitrogens with zero attached hydrogens (tertiary/aromatic N) is 2. The minimum Gasteiger partial charge on any atom is -0.382 e. The Labute approximate surface area is 126 Å². The van der Waals surface area contributed by atoms with Crippen LogP contribution >= 0.6 is 15.9 Å². The van der Waals surface area contributed by atoms with Gasteiger partial charge in [0.1, 0.15) is 6.10 Å². The van der Waals surface area contributed by atoms with Crippen molar-refractivity contribution in [2.24, 2.45) is 0 Å². The zero-order valence-corrected chi connectivity index (χ0v) is 13.5. The fourth-order valence-electron chi connectivity index (χ4n) is 1.97. The Kier molecular flexibility index (Phi) is 4.31. The first-order valence-electron chi connectivity index (χ1n) is 6.04. The molecule has 1 aromatic heterocycles. The Bertz CT molecular complexity index is 725. The van der Waals surface area contributed by atoms with Crippen LogP contribution in [0.4, 0.5) is 0 Å².